The number of aromatic carboxylic acids is 1. The lowest BCUT2D eigenvalue weighted by Crippen LogP contribution is -2.31. The monoisotopic (exact) mass is 283 g/mol. The van der Waals surface area contributed by atoms with E-state index in [-0.39, 0.29) is 5.56 Å². The molecule has 0 unspecified atom stereocenters. The van der Waals surface area contributed by atoms with Gasteiger partial charge in [0.25, 0.3) is 0 Å². The largest absolute Gasteiger partial charge is 0.478 e. The van der Waals surface area contributed by atoms with Crippen molar-refractivity contribution in [2.45, 2.75) is 6.42 Å². The zero-order valence-corrected chi connectivity index (χ0v) is 11.8. The normalized spacial score (nSPS) is 10.5. The van der Waals surface area contributed by atoms with Crippen molar-refractivity contribution in [3.63, 3.8) is 0 Å². The summed E-state index contributed by atoms with van der Waals surface area (Å²) in [6.07, 6.45) is 2.23. The Bertz CT molecular complexity index is 440. The second kappa shape index (κ2) is 8.34. The van der Waals surface area contributed by atoms with E-state index in [0.717, 1.165) is 6.42 Å². The highest BCUT2D eigenvalue weighted by molar-refractivity contribution is 5.94. The summed E-state index contributed by atoms with van der Waals surface area (Å²) in [6.45, 7) is 2.27. The Balaban J connectivity index is 2.95. The van der Waals surface area contributed by atoms with Crippen LogP contribution in [0.15, 0.2) is 12.3 Å². The van der Waals surface area contributed by atoms with Gasteiger partial charge in [-0.3, -0.25) is 0 Å². The highest BCUT2D eigenvalue weighted by Gasteiger charge is 2.17. The number of nitrogens with zero attached hydrogens (tertiary/aromatic N) is 2. The van der Waals surface area contributed by atoms with E-state index < -0.39 is 5.97 Å². The number of nitrogen functional groups attached to an aromatic ring is 1. The Morgan fingerprint density at radius 2 is 2.05 bits per heavy atom. The molecule has 3 N–H and O–H groups in total. The Hall–Kier alpha value is -1.86. The average molecular weight is 283 g/mol. The van der Waals surface area contributed by atoms with Gasteiger partial charge < -0.3 is 25.2 Å². The van der Waals surface area contributed by atoms with Crippen molar-refractivity contribution in [2.24, 2.45) is 0 Å². The number of hydrogen-bond acceptors (Lipinski definition) is 6. The number of anilines is 2. The van der Waals surface area contributed by atoms with Crippen LogP contribution in [0, 0.1) is 0 Å². The van der Waals surface area contributed by atoms with Crippen LogP contribution in [0.5, 0.6) is 0 Å². The maximum atomic E-state index is 11.3. The predicted octanol–water partition coefficient (Wildman–Crippen LogP) is 0.851. The number of rotatable bonds is 9. The summed E-state index contributed by atoms with van der Waals surface area (Å²) in [6, 6.07) is 1.42. The summed E-state index contributed by atoms with van der Waals surface area (Å²) in [4.78, 5) is 17.3. The number of carbonyl (C=O) groups is 1. The van der Waals surface area contributed by atoms with Gasteiger partial charge in [-0.15, -0.1) is 0 Å². The van der Waals surface area contributed by atoms with E-state index in [1.54, 1.807) is 14.2 Å². The molecule has 1 aromatic heterocycles. The highest BCUT2D eigenvalue weighted by Crippen LogP contribution is 2.20. The number of ether oxygens (including phenoxy) is 2. The van der Waals surface area contributed by atoms with Crippen LogP contribution in [0.2, 0.25) is 0 Å². The first-order valence-corrected chi connectivity index (χ1v) is 6.31. The lowest BCUT2D eigenvalue weighted by atomic mass is 10.2. The minimum absolute atomic E-state index is 0.0959. The lowest BCUT2D eigenvalue weighted by Gasteiger charge is -2.24. The fourth-order valence-corrected chi connectivity index (χ4v) is 1.81. The number of carboxylic acid groups (broad SMARTS) is 1. The van der Waals surface area contributed by atoms with Gasteiger partial charge >= 0.3 is 5.97 Å². The third-order valence-electron chi connectivity index (χ3n) is 2.76. The van der Waals surface area contributed by atoms with Gasteiger partial charge in [-0.1, -0.05) is 0 Å². The molecular formula is C13H21N3O4. The van der Waals surface area contributed by atoms with Crippen LogP contribution >= 0.6 is 0 Å². The molecule has 0 bridgehead atoms. The summed E-state index contributed by atoms with van der Waals surface area (Å²) >= 11 is 0. The molecule has 112 valence electrons. The van der Waals surface area contributed by atoms with Gasteiger partial charge in [-0.25, -0.2) is 9.78 Å². The van der Waals surface area contributed by atoms with Gasteiger partial charge in [0.05, 0.1) is 18.5 Å². The fraction of sp³-hybridized carbons (Fsp3) is 0.538. The molecule has 0 aliphatic heterocycles. The van der Waals surface area contributed by atoms with Gasteiger partial charge in [-0.2, -0.15) is 0 Å². The zero-order valence-electron chi connectivity index (χ0n) is 11.8. The number of hydrogen-bond donors (Lipinski definition) is 2. The van der Waals surface area contributed by atoms with Crippen molar-refractivity contribution >= 4 is 17.5 Å². The van der Waals surface area contributed by atoms with Crippen molar-refractivity contribution in [1.29, 1.82) is 0 Å². The molecule has 0 spiro atoms. The van der Waals surface area contributed by atoms with E-state index >= 15 is 0 Å². The molecule has 0 saturated heterocycles. The van der Waals surface area contributed by atoms with E-state index in [0.29, 0.717) is 37.8 Å². The molecule has 1 rings (SSSR count). The topological polar surface area (TPSA) is 97.9 Å². The molecule has 1 aromatic rings. The summed E-state index contributed by atoms with van der Waals surface area (Å²) in [7, 11) is 3.23. The SMILES string of the molecule is COCCCN(CCOC)c1ncc(N)cc1C(=O)O. The molecular weight excluding hydrogens is 262 g/mol. The van der Waals surface area contributed by atoms with E-state index in [1.807, 2.05) is 4.90 Å². The first kappa shape index (κ1) is 16.2. The first-order valence-electron chi connectivity index (χ1n) is 6.31. The van der Waals surface area contributed by atoms with Crippen molar-refractivity contribution in [3.05, 3.63) is 17.8 Å². The number of aromatic nitrogens is 1. The summed E-state index contributed by atoms with van der Waals surface area (Å²) in [5.41, 5.74) is 6.02. The van der Waals surface area contributed by atoms with Gasteiger partial charge in [0.2, 0.25) is 0 Å². The molecule has 0 aromatic carbocycles. The molecule has 0 aliphatic carbocycles. The minimum Gasteiger partial charge on any atom is -0.478 e. The molecule has 0 radical (unpaired) electrons. The second-order valence-electron chi connectivity index (χ2n) is 4.27. The molecule has 20 heavy (non-hydrogen) atoms. The number of carboxylic acids is 1. The van der Waals surface area contributed by atoms with Crippen molar-refractivity contribution in [3.8, 4) is 0 Å². The Morgan fingerprint density at radius 3 is 2.65 bits per heavy atom. The molecule has 0 atom stereocenters. The van der Waals surface area contributed by atoms with Crippen molar-refractivity contribution < 1.29 is 19.4 Å². The Morgan fingerprint density at radius 1 is 1.35 bits per heavy atom. The van der Waals surface area contributed by atoms with Crippen molar-refractivity contribution in [1.82, 2.24) is 4.98 Å². The molecule has 0 aliphatic rings. The molecule has 0 amide bonds. The molecule has 7 heteroatoms. The minimum atomic E-state index is -1.05. The summed E-state index contributed by atoms with van der Waals surface area (Å²) in [5.74, 6) is -0.645. The van der Waals surface area contributed by atoms with Crippen LogP contribution in [0.25, 0.3) is 0 Å². The maximum absolute atomic E-state index is 11.3. The quantitative estimate of drug-likeness (QED) is 0.648. The van der Waals surface area contributed by atoms with Gasteiger partial charge in [0.1, 0.15) is 11.4 Å². The number of pyridine rings is 1. The zero-order chi connectivity index (χ0) is 15.0. The molecule has 1 heterocycles. The number of nitrogens with two attached hydrogens (primary N) is 1. The van der Waals surface area contributed by atoms with Crippen LogP contribution in [0.3, 0.4) is 0 Å². The van der Waals surface area contributed by atoms with E-state index in [1.165, 1.54) is 12.3 Å². The molecule has 7 nitrogen and oxygen atoms in total. The van der Waals surface area contributed by atoms with E-state index in [9.17, 15) is 9.90 Å². The van der Waals surface area contributed by atoms with E-state index in [4.69, 9.17) is 15.2 Å². The second-order valence-corrected chi connectivity index (χ2v) is 4.27. The fourth-order valence-electron chi connectivity index (χ4n) is 1.81. The number of methoxy groups -OCH3 is 2. The Labute approximate surface area is 118 Å². The Kier molecular flexibility index (Phi) is 6.75. The lowest BCUT2D eigenvalue weighted by molar-refractivity contribution is 0.0697. The smallest absolute Gasteiger partial charge is 0.339 e. The van der Waals surface area contributed by atoms with E-state index in [2.05, 4.69) is 4.98 Å². The van der Waals surface area contributed by atoms with Crippen LogP contribution in [0.1, 0.15) is 16.8 Å². The van der Waals surface area contributed by atoms with Crippen LogP contribution in [-0.2, 0) is 9.47 Å². The molecule has 0 saturated carbocycles. The first-order chi connectivity index (χ1) is 9.60. The van der Waals surface area contributed by atoms with Crippen LogP contribution in [-0.4, -0.2) is 56.6 Å². The maximum Gasteiger partial charge on any atom is 0.339 e. The van der Waals surface area contributed by atoms with Crippen LogP contribution in [0.4, 0.5) is 11.5 Å². The predicted molar refractivity (Wildman–Crippen MR) is 76.2 cm³/mol. The highest BCUT2D eigenvalue weighted by atomic mass is 16.5. The van der Waals surface area contributed by atoms with Crippen LogP contribution < -0.4 is 10.6 Å². The van der Waals surface area contributed by atoms with Gasteiger partial charge in [0.15, 0.2) is 0 Å². The average Bonchev–Trinajstić information content (AvgIpc) is 2.43. The van der Waals surface area contributed by atoms with Gasteiger partial charge in [-0.05, 0) is 12.5 Å². The third kappa shape index (κ3) is 4.67. The van der Waals surface area contributed by atoms with Gasteiger partial charge in [0, 0.05) is 33.9 Å². The summed E-state index contributed by atoms with van der Waals surface area (Å²) in [5, 5.41) is 9.26. The molecule has 0 fully saturated rings. The standard InChI is InChI=1S/C13H21N3O4/c1-19-6-3-4-16(5-7-20-2)12-11(13(17)18)8-10(14)9-15-12/h8-9H,3-7,14H2,1-2H3,(H,17,18). The third-order valence-corrected chi connectivity index (χ3v) is 2.76. The van der Waals surface area contributed by atoms with Crippen molar-refractivity contribution in [2.75, 3.05) is 51.2 Å². The summed E-state index contributed by atoms with van der Waals surface area (Å²) < 4.78 is 10.1.